The molecule has 1 aromatic heterocycles. The van der Waals surface area contributed by atoms with Gasteiger partial charge in [0.05, 0.1) is 17.0 Å². The summed E-state index contributed by atoms with van der Waals surface area (Å²) in [5, 5.41) is 13.5. The molecular weight excluding hydrogens is 315 g/mol. The molecule has 2 rings (SSSR count). The summed E-state index contributed by atoms with van der Waals surface area (Å²) in [7, 11) is 0. The number of nitrogens with zero attached hydrogens (tertiary/aromatic N) is 2. The third-order valence-electron chi connectivity index (χ3n) is 2.83. The van der Waals surface area contributed by atoms with Gasteiger partial charge >= 0.3 is 11.9 Å². The minimum absolute atomic E-state index is 0.0326. The van der Waals surface area contributed by atoms with Crippen molar-refractivity contribution in [2.24, 2.45) is 0 Å². The Labute approximate surface area is 129 Å². The molecule has 23 heavy (non-hydrogen) atoms. The van der Waals surface area contributed by atoms with E-state index in [2.05, 4.69) is 10.3 Å². The fourth-order valence-electron chi connectivity index (χ4n) is 1.84. The minimum Gasteiger partial charge on any atom is -0.491 e. The van der Waals surface area contributed by atoms with Gasteiger partial charge in [-0.05, 0) is 18.2 Å². The number of pyridine rings is 1. The molecule has 0 aliphatic rings. The van der Waals surface area contributed by atoms with Gasteiger partial charge in [-0.15, -0.1) is 0 Å². The maximum absolute atomic E-state index is 12.8. The molecule has 1 aromatic carbocycles. The number of benzene rings is 1. The van der Waals surface area contributed by atoms with E-state index in [-0.39, 0.29) is 30.4 Å². The van der Waals surface area contributed by atoms with Gasteiger partial charge in [-0.1, -0.05) is 12.1 Å². The Morgan fingerprint density at radius 1 is 1.22 bits per heavy atom. The Kier molecular flexibility index (Phi) is 4.99. The molecule has 0 aliphatic heterocycles. The molecule has 0 atom stereocenters. The zero-order valence-corrected chi connectivity index (χ0v) is 11.7. The van der Waals surface area contributed by atoms with Crippen LogP contribution in [0.2, 0.25) is 0 Å². The molecule has 0 spiro atoms. The predicted molar refractivity (Wildman–Crippen MR) is 76.3 cm³/mol. The van der Waals surface area contributed by atoms with Crippen LogP contribution in [0.4, 0.5) is 24.7 Å². The van der Waals surface area contributed by atoms with Crippen LogP contribution >= 0.6 is 0 Å². The smallest absolute Gasteiger partial charge is 0.419 e. The van der Waals surface area contributed by atoms with Crippen LogP contribution in [0.25, 0.3) is 0 Å². The summed E-state index contributed by atoms with van der Waals surface area (Å²) in [6, 6.07) is 7.53. The molecule has 0 saturated carbocycles. The predicted octanol–water partition coefficient (Wildman–Crippen LogP) is 3.50. The zero-order valence-electron chi connectivity index (χ0n) is 11.7. The van der Waals surface area contributed by atoms with E-state index in [0.29, 0.717) is 0 Å². The molecule has 122 valence electrons. The molecule has 1 N–H and O–H groups in total. The first-order valence-corrected chi connectivity index (χ1v) is 6.52. The van der Waals surface area contributed by atoms with Gasteiger partial charge in [0, 0.05) is 12.3 Å². The molecule has 0 radical (unpaired) electrons. The first kappa shape index (κ1) is 16.5. The number of para-hydroxylation sites is 1. The lowest BCUT2D eigenvalue weighted by atomic mass is 10.2. The maximum Gasteiger partial charge on any atom is 0.419 e. The third-order valence-corrected chi connectivity index (χ3v) is 2.83. The van der Waals surface area contributed by atoms with Crippen molar-refractivity contribution in [3.63, 3.8) is 0 Å². The highest BCUT2D eigenvalue weighted by molar-refractivity contribution is 5.55. The first-order valence-electron chi connectivity index (χ1n) is 6.52. The van der Waals surface area contributed by atoms with E-state index in [4.69, 9.17) is 4.74 Å². The van der Waals surface area contributed by atoms with Gasteiger partial charge < -0.3 is 10.1 Å². The van der Waals surface area contributed by atoms with Crippen molar-refractivity contribution in [3.05, 3.63) is 58.3 Å². The summed E-state index contributed by atoms with van der Waals surface area (Å²) in [6.45, 7) is -0.0507. The second kappa shape index (κ2) is 6.95. The summed E-state index contributed by atoms with van der Waals surface area (Å²) in [5.74, 6) is -0.262. The van der Waals surface area contributed by atoms with Crippen LogP contribution in [0.15, 0.2) is 42.6 Å². The molecule has 2 aromatic rings. The number of nitrogens with one attached hydrogen (secondary N) is 1. The van der Waals surface area contributed by atoms with E-state index in [1.54, 1.807) is 0 Å². The van der Waals surface area contributed by atoms with Crippen molar-refractivity contribution < 1.29 is 22.8 Å². The number of ether oxygens (including phenoxy) is 1. The van der Waals surface area contributed by atoms with Crippen LogP contribution in [0.5, 0.6) is 5.75 Å². The monoisotopic (exact) mass is 327 g/mol. The van der Waals surface area contributed by atoms with Crippen molar-refractivity contribution in [1.29, 1.82) is 0 Å². The largest absolute Gasteiger partial charge is 0.491 e. The summed E-state index contributed by atoms with van der Waals surface area (Å²) >= 11 is 0. The van der Waals surface area contributed by atoms with Crippen LogP contribution in [-0.2, 0) is 6.18 Å². The van der Waals surface area contributed by atoms with Gasteiger partial charge in [0.1, 0.15) is 12.4 Å². The van der Waals surface area contributed by atoms with E-state index in [9.17, 15) is 23.3 Å². The molecule has 6 nitrogen and oxygen atoms in total. The van der Waals surface area contributed by atoms with Crippen molar-refractivity contribution in [2.45, 2.75) is 6.18 Å². The molecule has 1 heterocycles. The number of hydrogen-bond acceptors (Lipinski definition) is 5. The van der Waals surface area contributed by atoms with E-state index in [1.807, 2.05) is 0 Å². The van der Waals surface area contributed by atoms with Crippen LogP contribution in [-0.4, -0.2) is 23.1 Å². The van der Waals surface area contributed by atoms with Crippen LogP contribution in [0.1, 0.15) is 5.56 Å². The average molecular weight is 327 g/mol. The molecule has 0 unspecified atom stereocenters. The highest BCUT2D eigenvalue weighted by atomic mass is 19.4. The van der Waals surface area contributed by atoms with E-state index < -0.39 is 16.7 Å². The Balaban J connectivity index is 1.96. The topological polar surface area (TPSA) is 77.3 Å². The zero-order chi connectivity index (χ0) is 16.9. The van der Waals surface area contributed by atoms with Gasteiger partial charge in [0.15, 0.2) is 0 Å². The Morgan fingerprint density at radius 2 is 1.96 bits per heavy atom. The summed E-state index contributed by atoms with van der Waals surface area (Å²) < 4.78 is 43.5. The molecule has 9 heteroatoms. The highest BCUT2D eigenvalue weighted by Gasteiger charge is 2.33. The number of anilines is 1. The summed E-state index contributed by atoms with van der Waals surface area (Å²) in [6.07, 6.45) is -3.14. The second-order valence-corrected chi connectivity index (χ2v) is 4.40. The number of aromatic nitrogens is 1. The Hall–Kier alpha value is -2.84. The quantitative estimate of drug-likeness (QED) is 0.499. The third kappa shape index (κ3) is 4.31. The van der Waals surface area contributed by atoms with Gasteiger partial charge in [0.25, 0.3) is 0 Å². The average Bonchev–Trinajstić information content (AvgIpc) is 2.51. The SMILES string of the molecule is O=[N+]([O-])c1cccnc1NCCOc1ccccc1C(F)(F)F. The molecule has 0 aliphatic carbocycles. The first-order chi connectivity index (χ1) is 10.9. The van der Waals surface area contributed by atoms with Gasteiger partial charge in [-0.25, -0.2) is 4.98 Å². The molecule has 0 bridgehead atoms. The Bertz CT molecular complexity index is 692. The lowest BCUT2D eigenvalue weighted by molar-refractivity contribution is -0.384. The van der Waals surface area contributed by atoms with Gasteiger partial charge in [-0.3, -0.25) is 10.1 Å². The van der Waals surface area contributed by atoms with Crippen molar-refractivity contribution in [2.75, 3.05) is 18.5 Å². The number of nitro groups is 1. The van der Waals surface area contributed by atoms with E-state index >= 15 is 0 Å². The van der Waals surface area contributed by atoms with Crippen LogP contribution in [0.3, 0.4) is 0 Å². The van der Waals surface area contributed by atoms with Crippen molar-refractivity contribution in [3.8, 4) is 5.75 Å². The fraction of sp³-hybridized carbons (Fsp3) is 0.214. The lowest BCUT2D eigenvalue weighted by Gasteiger charge is -2.14. The van der Waals surface area contributed by atoms with E-state index in [0.717, 1.165) is 6.07 Å². The van der Waals surface area contributed by atoms with Crippen LogP contribution in [0, 0.1) is 10.1 Å². The molecule has 0 amide bonds. The molecule has 0 fully saturated rings. The Morgan fingerprint density at radius 3 is 2.65 bits per heavy atom. The normalized spacial score (nSPS) is 11.1. The van der Waals surface area contributed by atoms with Gasteiger partial charge in [-0.2, -0.15) is 13.2 Å². The summed E-state index contributed by atoms with van der Waals surface area (Å²) in [5.41, 5.74) is -1.09. The van der Waals surface area contributed by atoms with E-state index in [1.165, 1.54) is 36.5 Å². The number of halogens is 3. The fourth-order valence-corrected chi connectivity index (χ4v) is 1.84. The van der Waals surface area contributed by atoms with Crippen molar-refractivity contribution in [1.82, 2.24) is 4.98 Å². The number of hydrogen-bond donors (Lipinski definition) is 1. The molecular formula is C14H12F3N3O3. The van der Waals surface area contributed by atoms with Crippen LogP contribution < -0.4 is 10.1 Å². The minimum atomic E-state index is -4.51. The highest BCUT2D eigenvalue weighted by Crippen LogP contribution is 2.35. The lowest BCUT2D eigenvalue weighted by Crippen LogP contribution is -2.15. The maximum atomic E-state index is 12.8. The van der Waals surface area contributed by atoms with Crippen molar-refractivity contribution >= 4 is 11.5 Å². The molecule has 0 saturated heterocycles. The number of rotatable bonds is 6. The standard InChI is InChI=1S/C14H12F3N3O3/c15-14(16,17)10-4-1-2-6-12(10)23-9-8-19-13-11(20(21)22)5-3-7-18-13/h1-7H,8-9H2,(H,18,19). The number of alkyl halides is 3. The van der Waals surface area contributed by atoms with Gasteiger partial charge in [0.2, 0.25) is 5.82 Å². The second-order valence-electron chi connectivity index (χ2n) is 4.40. The summed E-state index contributed by atoms with van der Waals surface area (Å²) in [4.78, 5) is 14.0.